The van der Waals surface area contributed by atoms with Crippen LogP contribution in [0.5, 0.6) is 5.75 Å². The van der Waals surface area contributed by atoms with E-state index in [4.69, 9.17) is 9.47 Å². The zero-order valence-corrected chi connectivity index (χ0v) is 14.1. The Balaban J connectivity index is 1.89. The molecule has 1 aliphatic heterocycles. The van der Waals surface area contributed by atoms with E-state index in [0.29, 0.717) is 13.2 Å². The average molecular weight is 360 g/mol. The highest BCUT2D eigenvalue weighted by Crippen LogP contribution is 2.35. The van der Waals surface area contributed by atoms with E-state index < -0.39 is 24.3 Å². The Morgan fingerprint density at radius 3 is 2.60 bits per heavy atom. The van der Waals surface area contributed by atoms with Gasteiger partial charge in [0.1, 0.15) is 5.75 Å². The summed E-state index contributed by atoms with van der Waals surface area (Å²) in [4.78, 5) is 12.0. The van der Waals surface area contributed by atoms with Crippen LogP contribution in [0, 0.1) is 5.41 Å². The van der Waals surface area contributed by atoms with Crippen molar-refractivity contribution in [3.05, 3.63) is 29.8 Å². The largest absolute Gasteiger partial charge is 0.483 e. The molecule has 2 rings (SSSR count). The lowest BCUT2D eigenvalue weighted by Crippen LogP contribution is -2.47. The summed E-state index contributed by atoms with van der Waals surface area (Å²) in [5.74, 6) is -0.801. The quantitative estimate of drug-likeness (QED) is 0.783. The van der Waals surface area contributed by atoms with Gasteiger partial charge in [0.25, 0.3) is 5.91 Å². The Bertz CT molecular complexity index is 567. The van der Waals surface area contributed by atoms with Crippen LogP contribution in [0.4, 0.5) is 13.2 Å². The highest BCUT2D eigenvalue weighted by molar-refractivity contribution is 5.77. The first-order valence-electron chi connectivity index (χ1n) is 8.12. The lowest BCUT2D eigenvalue weighted by Gasteiger charge is -2.37. The molecule has 1 saturated heterocycles. The molecule has 0 aliphatic carbocycles. The normalized spacial score (nSPS) is 17.1. The van der Waals surface area contributed by atoms with Crippen molar-refractivity contribution in [3.63, 3.8) is 0 Å². The van der Waals surface area contributed by atoms with Crippen LogP contribution in [-0.2, 0) is 15.7 Å². The fourth-order valence-corrected chi connectivity index (χ4v) is 2.94. The van der Waals surface area contributed by atoms with Gasteiger partial charge in [-0.15, -0.1) is 0 Å². The summed E-state index contributed by atoms with van der Waals surface area (Å²) < 4.78 is 49.0. The van der Waals surface area contributed by atoms with Crippen molar-refractivity contribution in [1.29, 1.82) is 0 Å². The predicted molar refractivity (Wildman–Crippen MR) is 86.4 cm³/mol. The van der Waals surface area contributed by atoms with Gasteiger partial charge < -0.3 is 20.1 Å². The molecular formula is C17H23F3N2O3. The number of carbonyl (C=O) groups excluding carboxylic acids is 1. The van der Waals surface area contributed by atoms with Gasteiger partial charge in [-0.05, 0) is 38.1 Å². The summed E-state index contributed by atoms with van der Waals surface area (Å²) in [5.41, 5.74) is -1.04. The highest BCUT2D eigenvalue weighted by Gasteiger charge is 2.35. The van der Waals surface area contributed by atoms with E-state index in [-0.39, 0.29) is 11.2 Å². The number of halogens is 3. The van der Waals surface area contributed by atoms with Crippen LogP contribution < -0.4 is 15.4 Å². The number of piperidine rings is 1. The van der Waals surface area contributed by atoms with Gasteiger partial charge in [-0.3, -0.25) is 4.79 Å². The SMILES string of the molecule is COCC1(CNC(=O)COc2ccccc2C(F)(F)F)CCNCC1. The number of hydrogen-bond donors (Lipinski definition) is 2. The molecule has 0 aromatic heterocycles. The second-order valence-corrected chi connectivity index (χ2v) is 6.24. The van der Waals surface area contributed by atoms with Crippen LogP contribution >= 0.6 is 0 Å². The van der Waals surface area contributed by atoms with E-state index in [1.54, 1.807) is 7.11 Å². The number of rotatable bonds is 7. The number of nitrogens with one attached hydrogen (secondary N) is 2. The first-order chi connectivity index (χ1) is 11.9. The van der Waals surface area contributed by atoms with Gasteiger partial charge in [0.05, 0.1) is 12.2 Å². The number of carbonyl (C=O) groups is 1. The second kappa shape index (κ2) is 8.53. The van der Waals surface area contributed by atoms with Gasteiger partial charge in [0, 0.05) is 19.1 Å². The molecule has 0 spiro atoms. The smallest absolute Gasteiger partial charge is 0.419 e. The monoisotopic (exact) mass is 360 g/mol. The van der Waals surface area contributed by atoms with Crippen molar-refractivity contribution < 1.29 is 27.4 Å². The number of benzene rings is 1. The molecule has 1 aromatic carbocycles. The molecule has 5 nitrogen and oxygen atoms in total. The second-order valence-electron chi connectivity index (χ2n) is 6.24. The fraction of sp³-hybridized carbons (Fsp3) is 0.588. The van der Waals surface area contributed by atoms with Gasteiger partial charge in [-0.25, -0.2) is 0 Å². The Labute approximate surface area is 144 Å². The molecule has 0 saturated carbocycles. The molecule has 25 heavy (non-hydrogen) atoms. The Kier molecular flexibility index (Phi) is 6.66. The van der Waals surface area contributed by atoms with E-state index >= 15 is 0 Å². The molecule has 1 amide bonds. The van der Waals surface area contributed by atoms with Crippen molar-refractivity contribution in [1.82, 2.24) is 10.6 Å². The van der Waals surface area contributed by atoms with Crippen LogP contribution in [0.15, 0.2) is 24.3 Å². The van der Waals surface area contributed by atoms with Crippen molar-refractivity contribution in [2.24, 2.45) is 5.41 Å². The van der Waals surface area contributed by atoms with E-state index in [0.717, 1.165) is 32.0 Å². The Hall–Kier alpha value is -1.80. The molecule has 1 aliphatic rings. The molecule has 0 unspecified atom stereocenters. The van der Waals surface area contributed by atoms with E-state index in [2.05, 4.69) is 10.6 Å². The highest BCUT2D eigenvalue weighted by atomic mass is 19.4. The van der Waals surface area contributed by atoms with Crippen LogP contribution in [0.2, 0.25) is 0 Å². The molecule has 1 fully saturated rings. The van der Waals surface area contributed by atoms with Crippen LogP contribution in [-0.4, -0.2) is 45.9 Å². The number of ether oxygens (including phenoxy) is 2. The first kappa shape index (κ1) is 19.5. The third-order valence-electron chi connectivity index (χ3n) is 4.33. The topological polar surface area (TPSA) is 59.6 Å². The maximum Gasteiger partial charge on any atom is 0.419 e. The summed E-state index contributed by atoms with van der Waals surface area (Å²) in [6.45, 7) is 2.15. The van der Waals surface area contributed by atoms with Crippen molar-refractivity contribution in [2.75, 3.05) is 40.0 Å². The van der Waals surface area contributed by atoms with E-state index in [1.165, 1.54) is 18.2 Å². The molecule has 0 atom stereocenters. The fourth-order valence-electron chi connectivity index (χ4n) is 2.94. The zero-order chi connectivity index (χ0) is 18.3. The number of hydrogen-bond acceptors (Lipinski definition) is 4. The third kappa shape index (κ3) is 5.61. The number of para-hydroxylation sites is 1. The lowest BCUT2D eigenvalue weighted by atomic mass is 9.79. The van der Waals surface area contributed by atoms with Crippen LogP contribution in [0.25, 0.3) is 0 Å². The molecule has 1 heterocycles. The minimum Gasteiger partial charge on any atom is -0.483 e. The minimum absolute atomic E-state index is 0.153. The van der Waals surface area contributed by atoms with Crippen molar-refractivity contribution in [2.45, 2.75) is 19.0 Å². The molecule has 1 aromatic rings. The lowest BCUT2D eigenvalue weighted by molar-refractivity contribution is -0.139. The predicted octanol–water partition coefficient (Wildman–Crippen LogP) is 2.22. The summed E-state index contributed by atoms with van der Waals surface area (Å²) in [6.07, 6.45) is -2.80. The minimum atomic E-state index is -4.52. The zero-order valence-electron chi connectivity index (χ0n) is 14.1. The molecule has 0 radical (unpaired) electrons. The van der Waals surface area contributed by atoms with Gasteiger partial charge in [-0.1, -0.05) is 12.1 Å². The van der Waals surface area contributed by atoms with Crippen LogP contribution in [0.1, 0.15) is 18.4 Å². The Morgan fingerprint density at radius 2 is 1.96 bits per heavy atom. The van der Waals surface area contributed by atoms with Crippen molar-refractivity contribution in [3.8, 4) is 5.75 Å². The maximum absolute atomic E-state index is 12.9. The van der Waals surface area contributed by atoms with Gasteiger partial charge in [0.2, 0.25) is 0 Å². The average Bonchev–Trinajstić information content (AvgIpc) is 2.59. The summed E-state index contributed by atoms with van der Waals surface area (Å²) in [7, 11) is 1.61. The van der Waals surface area contributed by atoms with Gasteiger partial charge in [-0.2, -0.15) is 13.2 Å². The standard InChI is InChI=1S/C17H23F3N2O3/c1-24-12-16(6-8-21-9-7-16)11-22-15(23)10-25-14-5-3-2-4-13(14)17(18,19)20/h2-5,21H,6-12H2,1H3,(H,22,23). The van der Waals surface area contributed by atoms with E-state index in [9.17, 15) is 18.0 Å². The number of alkyl halides is 3. The van der Waals surface area contributed by atoms with E-state index in [1.807, 2.05) is 0 Å². The third-order valence-corrected chi connectivity index (χ3v) is 4.33. The summed E-state index contributed by atoms with van der Waals surface area (Å²) in [5, 5.41) is 6.01. The van der Waals surface area contributed by atoms with Gasteiger partial charge in [0.15, 0.2) is 6.61 Å². The summed E-state index contributed by atoms with van der Waals surface area (Å²) >= 11 is 0. The molecule has 8 heteroatoms. The Morgan fingerprint density at radius 1 is 1.28 bits per heavy atom. The maximum atomic E-state index is 12.9. The summed E-state index contributed by atoms with van der Waals surface area (Å²) in [6, 6.07) is 4.84. The molecular weight excluding hydrogens is 337 g/mol. The molecule has 2 N–H and O–H groups in total. The van der Waals surface area contributed by atoms with Gasteiger partial charge >= 0.3 is 6.18 Å². The molecule has 0 bridgehead atoms. The first-order valence-corrected chi connectivity index (χ1v) is 8.12. The van der Waals surface area contributed by atoms with Crippen molar-refractivity contribution >= 4 is 5.91 Å². The molecule has 140 valence electrons. The number of methoxy groups -OCH3 is 1. The number of amides is 1. The van der Waals surface area contributed by atoms with Crippen LogP contribution in [0.3, 0.4) is 0 Å².